The minimum atomic E-state index is -5.07. The quantitative estimate of drug-likeness (QED) is 0.550. The van der Waals surface area contributed by atoms with E-state index in [1.54, 1.807) is 0 Å². The van der Waals surface area contributed by atoms with Crippen LogP contribution in [0.3, 0.4) is 0 Å². The summed E-state index contributed by atoms with van der Waals surface area (Å²) in [6.07, 6.45) is -10.1. The number of carbonyl (C=O) groups is 2. The van der Waals surface area contributed by atoms with E-state index >= 15 is 0 Å². The van der Waals surface area contributed by atoms with Crippen LogP contribution in [0.25, 0.3) is 5.69 Å². The van der Waals surface area contributed by atoms with E-state index in [9.17, 15) is 36.3 Å². The Morgan fingerprint density at radius 2 is 1.50 bits per heavy atom. The Hall–Kier alpha value is -3.64. The third-order valence-corrected chi connectivity index (χ3v) is 4.02. The number of amides is 2. The fourth-order valence-corrected chi connectivity index (χ4v) is 2.78. The Morgan fingerprint density at radius 3 is 2.11 bits per heavy atom. The number of hydrogen-bond donors (Lipinski definition) is 2. The van der Waals surface area contributed by atoms with E-state index < -0.39 is 64.0 Å². The van der Waals surface area contributed by atoms with Crippen molar-refractivity contribution < 1.29 is 41.0 Å². The minimum Gasteiger partial charge on any atom is -0.421 e. The van der Waals surface area contributed by atoms with Gasteiger partial charge in [0.1, 0.15) is 5.82 Å². The molecule has 0 bridgehead atoms. The molecule has 0 fully saturated rings. The number of benzene rings is 1. The molecule has 0 unspecified atom stereocenters. The zero-order valence-electron chi connectivity index (χ0n) is 13.2. The number of rotatable bonds is 1. The summed E-state index contributed by atoms with van der Waals surface area (Å²) >= 11 is 0. The Balaban J connectivity index is 1.94. The normalized spacial score (nSPS) is 18.6. The summed E-state index contributed by atoms with van der Waals surface area (Å²) in [6, 6.07) is 1.45. The average molecular weight is 403 g/mol. The third kappa shape index (κ3) is 2.25. The molecule has 0 spiro atoms. The van der Waals surface area contributed by atoms with E-state index in [2.05, 4.69) is 9.47 Å². The number of alkyl halides is 4. The molecule has 0 atom stereocenters. The lowest BCUT2D eigenvalue weighted by Crippen LogP contribution is -2.52. The number of nitrogens with one attached hydrogen (secondary N) is 1. The van der Waals surface area contributed by atoms with Crippen molar-refractivity contribution in [3.05, 3.63) is 45.5 Å². The number of halogens is 5. The summed E-state index contributed by atoms with van der Waals surface area (Å²) < 4.78 is 75.7. The number of pyridine rings is 1. The van der Waals surface area contributed by atoms with Gasteiger partial charge in [0.05, 0.1) is 16.8 Å². The SMILES string of the molecule is Nc1c2c(cc(=O)n1-c1cc3c(cc1F)OC(F)(F)C(F)(F)O3)C(=O)NC2=O. The van der Waals surface area contributed by atoms with Crippen molar-refractivity contribution in [1.29, 1.82) is 0 Å². The maximum absolute atomic E-state index is 14.4. The van der Waals surface area contributed by atoms with Crippen LogP contribution < -0.4 is 26.1 Å². The largest absolute Gasteiger partial charge is 0.507 e. The van der Waals surface area contributed by atoms with Gasteiger partial charge < -0.3 is 15.2 Å². The molecule has 2 aliphatic heterocycles. The van der Waals surface area contributed by atoms with Gasteiger partial charge in [0.15, 0.2) is 17.3 Å². The van der Waals surface area contributed by atoms with E-state index in [4.69, 9.17) is 5.73 Å². The highest BCUT2D eigenvalue weighted by Crippen LogP contribution is 2.48. The molecule has 2 aromatic rings. The van der Waals surface area contributed by atoms with Crippen LogP contribution in [-0.4, -0.2) is 28.6 Å². The van der Waals surface area contributed by atoms with Gasteiger partial charge in [0.25, 0.3) is 17.4 Å². The number of fused-ring (bicyclic) bond motifs is 2. The summed E-state index contributed by atoms with van der Waals surface area (Å²) in [6.45, 7) is 0. The van der Waals surface area contributed by atoms with Crippen LogP contribution in [0.1, 0.15) is 20.7 Å². The number of aromatic nitrogens is 1. The lowest BCUT2D eigenvalue weighted by molar-refractivity contribution is -0.391. The summed E-state index contributed by atoms with van der Waals surface area (Å²) in [5.41, 5.74) is 3.04. The van der Waals surface area contributed by atoms with Crippen LogP contribution in [0.15, 0.2) is 23.0 Å². The summed E-state index contributed by atoms with van der Waals surface area (Å²) in [4.78, 5) is 35.7. The van der Waals surface area contributed by atoms with Crippen molar-refractivity contribution in [1.82, 2.24) is 9.88 Å². The van der Waals surface area contributed by atoms with Crippen molar-refractivity contribution in [3.8, 4) is 17.2 Å². The summed E-state index contributed by atoms with van der Waals surface area (Å²) in [5, 5.41) is 1.88. The second kappa shape index (κ2) is 5.21. The molecule has 3 N–H and O–H groups in total. The Bertz CT molecular complexity index is 1140. The predicted molar refractivity (Wildman–Crippen MR) is 79.4 cm³/mol. The van der Waals surface area contributed by atoms with E-state index in [1.165, 1.54) is 0 Å². The average Bonchev–Trinajstić information content (AvgIpc) is 2.83. The highest BCUT2D eigenvalue weighted by atomic mass is 19.3. The van der Waals surface area contributed by atoms with Crippen LogP contribution in [0.4, 0.5) is 27.8 Å². The molecule has 146 valence electrons. The van der Waals surface area contributed by atoms with Crippen molar-refractivity contribution in [2.75, 3.05) is 5.73 Å². The van der Waals surface area contributed by atoms with E-state index in [0.29, 0.717) is 16.7 Å². The van der Waals surface area contributed by atoms with Gasteiger partial charge in [0.2, 0.25) is 0 Å². The molecule has 2 amide bonds. The first kappa shape index (κ1) is 17.8. The standard InChI is InChI=1S/C15H6F5N3O5/c16-5-2-7-8(28-15(19,20)14(17,18)27-7)3-6(5)23-9(24)1-4-10(11(23)21)13(26)22-12(4)25/h1-3H,21H2,(H,22,25,26). The number of imide groups is 1. The molecule has 1 aromatic carbocycles. The Morgan fingerprint density at radius 1 is 0.929 bits per heavy atom. The number of nitrogens with two attached hydrogens (primary N) is 1. The van der Waals surface area contributed by atoms with Gasteiger partial charge in [-0.15, -0.1) is 0 Å². The second-order valence-electron chi connectivity index (χ2n) is 5.76. The number of hydrogen-bond acceptors (Lipinski definition) is 6. The lowest BCUT2D eigenvalue weighted by Gasteiger charge is -2.32. The summed E-state index contributed by atoms with van der Waals surface area (Å²) in [5.74, 6) is -5.95. The third-order valence-electron chi connectivity index (χ3n) is 4.02. The van der Waals surface area contributed by atoms with Crippen LogP contribution in [0, 0.1) is 5.82 Å². The van der Waals surface area contributed by atoms with Gasteiger partial charge in [-0.1, -0.05) is 0 Å². The molecule has 1 aromatic heterocycles. The van der Waals surface area contributed by atoms with Gasteiger partial charge in [-0.2, -0.15) is 17.6 Å². The molecule has 0 radical (unpaired) electrons. The van der Waals surface area contributed by atoms with Crippen LogP contribution in [0.5, 0.6) is 11.5 Å². The lowest BCUT2D eigenvalue weighted by atomic mass is 10.1. The molecular weight excluding hydrogens is 397 g/mol. The van der Waals surface area contributed by atoms with E-state index in [-0.39, 0.29) is 11.6 Å². The van der Waals surface area contributed by atoms with Gasteiger partial charge in [0, 0.05) is 18.2 Å². The van der Waals surface area contributed by atoms with E-state index in [0.717, 1.165) is 0 Å². The topological polar surface area (TPSA) is 113 Å². The number of carbonyl (C=O) groups excluding carboxylic acids is 2. The number of nitrogens with zero attached hydrogens (tertiary/aromatic N) is 1. The van der Waals surface area contributed by atoms with Crippen molar-refractivity contribution >= 4 is 17.6 Å². The van der Waals surface area contributed by atoms with Gasteiger partial charge >= 0.3 is 12.2 Å². The molecular formula is C15H6F5N3O5. The second-order valence-corrected chi connectivity index (χ2v) is 5.76. The molecule has 8 nitrogen and oxygen atoms in total. The first-order chi connectivity index (χ1) is 12.9. The minimum absolute atomic E-state index is 0.290. The Kier molecular flexibility index (Phi) is 3.30. The van der Waals surface area contributed by atoms with Crippen LogP contribution in [-0.2, 0) is 0 Å². The Labute approximate surface area is 150 Å². The van der Waals surface area contributed by atoms with E-state index in [1.807, 2.05) is 5.32 Å². The van der Waals surface area contributed by atoms with Crippen LogP contribution >= 0.6 is 0 Å². The highest BCUT2D eigenvalue weighted by molar-refractivity contribution is 6.23. The maximum Gasteiger partial charge on any atom is 0.507 e. The first-order valence-electron chi connectivity index (χ1n) is 7.32. The van der Waals surface area contributed by atoms with Gasteiger partial charge in [-0.3, -0.25) is 24.3 Å². The molecule has 3 heterocycles. The zero-order chi connectivity index (χ0) is 20.6. The maximum atomic E-state index is 14.4. The molecule has 13 heteroatoms. The molecule has 28 heavy (non-hydrogen) atoms. The fraction of sp³-hybridized carbons (Fsp3) is 0.133. The number of ether oxygens (including phenoxy) is 2. The van der Waals surface area contributed by atoms with Crippen molar-refractivity contribution in [2.45, 2.75) is 12.2 Å². The predicted octanol–water partition coefficient (Wildman–Crippen LogP) is 1.40. The highest BCUT2D eigenvalue weighted by Gasteiger charge is 2.66. The fourth-order valence-electron chi connectivity index (χ4n) is 2.78. The molecule has 0 saturated heterocycles. The number of anilines is 1. The van der Waals surface area contributed by atoms with Gasteiger partial charge in [-0.05, 0) is 0 Å². The smallest absolute Gasteiger partial charge is 0.421 e. The van der Waals surface area contributed by atoms with Crippen LogP contribution in [0.2, 0.25) is 0 Å². The van der Waals surface area contributed by atoms with Crippen molar-refractivity contribution in [2.24, 2.45) is 0 Å². The monoisotopic (exact) mass is 403 g/mol. The van der Waals surface area contributed by atoms with Crippen molar-refractivity contribution in [3.63, 3.8) is 0 Å². The van der Waals surface area contributed by atoms with Gasteiger partial charge in [-0.25, -0.2) is 4.39 Å². The molecule has 0 aliphatic carbocycles. The molecule has 2 aliphatic rings. The first-order valence-corrected chi connectivity index (χ1v) is 7.32. The summed E-state index contributed by atoms with van der Waals surface area (Å²) in [7, 11) is 0. The molecule has 0 saturated carbocycles. The molecule has 4 rings (SSSR count). The number of nitrogen functional groups attached to an aromatic ring is 1. The zero-order valence-corrected chi connectivity index (χ0v) is 13.2.